The monoisotopic (exact) mass is 672 g/mol. The van der Waals surface area contributed by atoms with E-state index in [0.717, 1.165) is 28.1 Å². The zero-order valence-corrected chi connectivity index (χ0v) is 28.5. The van der Waals surface area contributed by atoms with Crippen molar-refractivity contribution in [2.75, 3.05) is 18.4 Å². The Morgan fingerprint density at radius 3 is 2.33 bits per heavy atom. The van der Waals surface area contributed by atoms with Crippen molar-refractivity contribution in [3.63, 3.8) is 0 Å². The van der Waals surface area contributed by atoms with Crippen molar-refractivity contribution in [2.24, 2.45) is 0 Å². The molecule has 0 fully saturated rings. The van der Waals surface area contributed by atoms with Crippen LogP contribution in [0.2, 0.25) is 0 Å². The Balaban J connectivity index is 1.35. The standard InChI is InChI=1S/C34H40N8O5S/c1-6-19-41-22-25(21-37-41)29-28-16-20-42(48(45,46)27-14-8-23(2)9-15-27)30(28)40-32(39-29)38-26-12-10-24(11-13-26)31(43)35-17-7-18-36-33(44)47-34(3,4)5/h8-16,20-22H,6-7,17-19H2,1-5H3,(H,35,43)(H,36,44)(H,38,39,40). The van der Waals surface area contributed by atoms with Crippen molar-refractivity contribution >= 4 is 44.7 Å². The molecular weight excluding hydrogens is 632 g/mol. The third kappa shape index (κ3) is 8.18. The molecule has 3 aromatic heterocycles. The van der Waals surface area contributed by atoms with Gasteiger partial charge in [-0.05, 0) is 83.0 Å². The highest BCUT2D eigenvalue weighted by atomic mass is 32.2. The molecule has 14 heteroatoms. The Kier molecular flexibility index (Phi) is 10.1. The number of nitrogens with zero attached hydrogens (tertiary/aromatic N) is 5. The van der Waals surface area contributed by atoms with E-state index in [-0.39, 0.29) is 22.4 Å². The van der Waals surface area contributed by atoms with Crippen molar-refractivity contribution in [2.45, 2.75) is 64.5 Å². The number of fused-ring (bicyclic) bond motifs is 1. The summed E-state index contributed by atoms with van der Waals surface area (Å²) in [6.45, 7) is 10.8. The molecule has 13 nitrogen and oxygen atoms in total. The molecule has 3 heterocycles. The molecule has 5 rings (SSSR count). The van der Waals surface area contributed by atoms with E-state index < -0.39 is 21.7 Å². The number of hydrogen-bond acceptors (Lipinski definition) is 9. The molecule has 0 bridgehead atoms. The molecule has 0 aliphatic heterocycles. The Bertz CT molecular complexity index is 2010. The van der Waals surface area contributed by atoms with Crippen molar-refractivity contribution < 1.29 is 22.7 Å². The fraction of sp³-hybridized carbons (Fsp3) is 0.324. The largest absolute Gasteiger partial charge is 0.444 e. The van der Waals surface area contributed by atoms with Gasteiger partial charge in [0.05, 0.1) is 16.8 Å². The number of aryl methyl sites for hydroxylation is 2. The highest BCUT2D eigenvalue weighted by molar-refractivity contribution is 7.90. The summed E-state index contributed by atoms with van der Waals surface area (Å²) >= 11 is 0. The van der Waals surface area contributed by atoms with Gasteiger partial charge in [0.1, 0.15) is 5.60 Å². The van der Waals surface area contributed by atoms with Crippen LogP contribution in [0.3, 0.4) is 0 Å². The summed E-state index contributed by atoms with van der Waals surface area (Å²) in [4.78, 5) is 34.0. The highest BCUT2D eigenvalue weighted by Gasteiger charge is 2.23. The molecule has 0 aliphatic carbocycles. The second kappa shape index (κ2) is 14.3. The number of amides is 2. The molecule has 5 aromatic rings. The van der Waals surface area contributed by atoms with Gasteiger partial charge in [-0.2, -0.15) is 10.1 Å². The lowest BCUT2D eigenvalue weighted by molar-refractivity contribution is 0.0527. The number of nitrogens with one attached hydrogen (secondary N) is 3. The zero-order chi connectivity index (χ0) is 34.5. The molecule has 0 spiro atoms. The minimum absolute atomic E-state index is 0.143. The average Bonchev–Trinajstić information content (AvgIpc) is 3.68. The highest BCUT2D eigenvalue weighted by Crippen LogP contribution is 2.31. The summed E-state index contributed by atoms with van der Waals surface area (Å²) in [7, 11) is -3.96. The average molecular weight is 673 g/mol. The van der Waals surface area contributed by atoms with Gasteiger partial charge in [0, 0.05) is 54.2 Å². The van der Waals surface area contributed by atoms with E-state index in [1.165, 1.54) is 6.20 Å². The SMILES string of the molecule is CCCn1cc(-c2nc(Nc3ccc(C(=O)NCCCNC(=O)OC(C)(C)C)cc3)nc3c2ccn3S(=O)(=O)c2ccc(C)cc2)cn1. The van der Waals surface area contributed by atoms with Crippen LogP contribution >= 0.6 is 0 Å². The number of aromatic nitrogens is 5. The lowest BCUT2D eigenvalue weighted by atomic mass is 10.2. The number of hydrogen-bond donors (Lipinski definition) is 3. The van der Waals surface area contributed by atoms with Crippen molar-refractivity contribution in [1.82, 2.24) is 34.4 Å². The van der Waals surface area contributed by atoms with E-state index in [9.17, 15) is 18.0 Å². The predicted octanol–water partition coefficient (Wildman–Crippen LogP) is 5.64. The van der Waals surface area contributed by atoms with E-state index in [1.807, 2.05) is 17.8 Å². The van der Waals surface area contributed by atoms with Gasteiger partial charge in [0.25, 0.3) is 15.9 Å². The third-order valence-electron chi connectivity index (χ3n) is 7.16. The Labute approximate surface area is 279 Å². The first kappa shape index (κ1) is 34.1. The lowest BCUT2D eigenvalue weighted by Gasteiger charge is -2.19. The molecule has 48 heavy (non-hydrogen) atoms. The van der Waals surface area contributed by atoms with Crippen LogP contribution in [0, 0.1) is 6.92 Å². The maximum absolute atomic E-state index is 13.7. The summed E-state index contributed by atoms with van der Waals surface area (Å²) in [6.07, 6.45) is 6.00. The van der Waals surface area contributed by atoms with Crippen LogP contribution < -0.4 is 16.0 Å². The number of benzene rings is 2. The molecule has 3 N–H and O–H groups in total. The van der Waals surface area contributed by atoms with Crippen LogP contribution in [0.5, 0.6) is 0 Å². The first-order valence-electron chi connectivity index (χ1n) is 15.7. The van der Waals surface area contributed by atoms with Gasteiger partial charge in [0.2, 0.25) is 5.95 Å². The van der Waals surface area contributed by atoms with Crippen LogP contribution in [0.25, 0.3) is 22.3 Å². The van der Waals surface area contributed by atoms with Crippen LogP contribution in [-0.2, 0) is 21.3 Å². The fourth-order valence-corrected chi connectivity index (χ4v) is 6.15. The zero-order valence-electron chi connectivity index (χ0n) is 27.6. The maximum atomic E-state index is 13.7. The summed E-state index contributed by atoms with van der Waals surface area (Å²) in [6, 6.07) is 15.1. The number of anilines is 2. The molecule has 0 aliphatic rings. The van der Waals surface area contributed by atoms with E-state index in [2.05, 4.69) is 33.0 Å². The number of carbonyl (C=O) groups is 2. The summed E-state index contributed by atoms with van der Waals surface area (Å²) < 4.78 is 35.6. The Morgan fingerprint density at radius 1 is 0.938 bits per heavy atom. The molecule has 2 aromatic carbocycles. The molecule has 0 atom stereocenters. The number of alkyl carbamates (subject to hydrolysis) is 1. The van der Waals surface area contributed by atoms with Gasteiger partial charge in [-0.25, -0.2) is 22.2 Å². The van der Waals surface area contributed by atoms with Crippen LogP contribution in [0.4, 0.5) is 16.4 Å². The maximum Gasteiger partial charge on any atom is 0.407 e. The Hall–Kier alpha value is -5.24. The molecule has 0 saturated heterocycles. The second-order valence-corrected chi connectivity index (χ2v) is 14.1. The molecule has 0 saturated carbocycles. The van der Waals surface area contributed by atoms with E-state index in [0.29, 0.717) is 41.8 Å². The molecule has 252 valence electrons. The van der Waals surface area contributed by atoms with Gasteiger partial charge in [-0.3, -0.25) is 9.48 Å². The number of ether oxygens (including phenoxy) is 1. The summed E-state index contributed by atoms with van der Waals surface area (Å²) in [5, 5.41) is 13.7. The summed E-state index contributed by atoms with van der Waals surface area (Å²) in [5.41, 5.74) is 2.87. The van der Waals surface area contributed by atoms with Crippen LogP contribution in [0.15, 0.2) is 78.1 Å². The minimum atomic E-state index is -3.96. The lowest BCUT2D eigenvalue weighted by Crippen LogP contribution is -2.34. The van der Waals surface area contributed by atoms with Gasteiger partial charge < -0.3 is 20.7 Å². The first-order chi connectivity index (χ1) is 22.8. The van der Waals surface area contributed by atoms with Gasteiger partial charge in [-0.1, -0.05) is 24.6 Å². The Morgan fingerprint density at radius 2 is 1.65 bits per heavy atom. The van der Waals surface area contributed by atoms with Gasteiger partial charge >= 0.3 is 6.09 Å². The van der Waals surface area contributed by atoms with Gasteiger partial charge in [0.15, 0.2) is 5.65 Å². The van der Waals surface area contributed by atoms with Crippen molar-refractivity contribution in [1.29, 1.82) is 0 Å². The van der Waals surface area contributed by atoms with E-state index in [4.69, 9.17) is 9.72 Å². The topological polar surface area (TPSA) is 162 Å². The van der Waals surface area contributed by atoms with E-state index >= 15 is 0 Å². The summed E-state index contributed by atoms with van der Waals surface area (Å²) in [5.74, 6) is -0.0866. The normalized spacial score (nSPS) is 11.8. The minimum Gasteiger partial charge on any atom is -0.444 e. The van der Waals surface area contributed by atoms with E-state index in [1.54, 1.807) is 81.6 Å². The van der Waals surface area contributed by atoms with Crippen LogP contribution in [0.1, 0.15) is 56.5 Å². The first-order valence-corrected chi connectivity index (χ1v) is 17.1. The van der Waals surface area contributed by atoms with Crippen LogP contribution in [-0.4, -0.2) is 62.8 Å². The molecule has 0 radical (unpaired) electrons. The quantitative estimate of drug-likeness (QED) is 0.142. The number of carbonyl (C=O) groups excluding carboxylic acids is 2. The third-order valence-corrected chi connectivity index (χ3v) is 8.84. The molecule has 0 unspecified atom stereocenters. The molecular formula is C34H40N8O5S. The van der Waals surface area contributed by atoms with Crippen molar-refractivity contribution in [3.8, 4) is 11.3 Å². The smallest absolute Gasteiger partial charge is 0.407 e. The fourth-order valence-electron chi connectivity index (χ4n) is 4.85. The second-order valence-electron chi connectivity index (χ2n) is 12.3. The molecule has 2 amide bonds. The number of rotatable bonds is 12. The van der Waals surface area contributed by atoms with Crippen molar-refractivity contribution in [3.05, 3.63) is 84.3 Å². The van der Waals surface area contributed by atoms with Gasteiger partial charge in [-0.15, -0.1) is 0 Å². The predicted molar refractivity (Wildman–Crippen MR) is 184 cm³/mol.